The van der Waals surface area contributed by atoms with E-state index in [-0.39, 0.29) is 4.57 Å². The van der Waals surface area contributed by atoms with Crippen molar-refractivity contribution in [1.82, 2.24) is 4.57 Å². The topological polar surface area (TPSA) is 65.1 Å². The molecule has 10 heteroatoms. The average molecular weight is 364 g/mol. The summed E-state index contributed by atoms with van der Waals surface area (Å²) in [5, 5.41) is 0. The molecule has 4 nitrogen and oxygen atoms in total. The monoisotopic (exact) mass is 364 g/mol. The van der Waals surface area contributed by atoms with Crippen molar-refractivity contribution in [3.05, 3.63) is 69.1 Å². The number of pyridine rings is 1. The van der Waals surface area contributed by atoms with Gasteiger partial charge in [0.05, 0.1) is 12.1 Å². The molecule has 0 aliphatic rings. The summed E-state index contributed by atoms with van der Waals surface area (Å²) in [4.78, 5) is 23.3. The largest absolute Gasteiger partial charge is 0.431 e. The van der Waals surface area contributed by atoms with Crippen LogP contribution < -0.4 is 11.3 Å². The summed E-state index contributed by atoms with van der Waals surface area (Å²) in [6.07, 6.45) is -9.83. The van der Waals surface area contributed by atoms with Crippen molar-refractivity contribution in [3.63, 3.8) is 0 Å². The second kappa shape index (κ2) is 6.26. The predicted molar refractivity (Wildman–Crippen MR) is 74.8 cm³/mol. The van der Waals surface area contributed by atoms with Crippen LogP contribution in [0.5, 0.6) is 0 Å². The van der Waals surface area contributed by atoms with Crippen LogP contribution in [0, 0.1) is 0 Å². The SMILES string of the molecule is NC(=O)c1ccc(C(F)(F)F)n(Cc2ccccc2C(F)(F)F)c1=O. The van der Waals surface area contributed by atoms with E-state index in [0.29, 0.717) is 18.2 Å². The Morgan fingerprint density at radius 2 is 1.56 bits per heavy atom. The first-order valence-electron chi connectivity index (χ1n) is 6.69. The molecule has 0 unspecified atom stereocenters. The number of amides is 1. The summed E-state index contributed by atoms with van der Waals surface area (Å²) < 4.78 is 78.4. The fourth-order valence-electron chi connectivity index (χ4n) is 2.28. The lowest BCUT2D eigenvalue weighted by atomic mass is 10.1. The first-order chi connectivity index (χ1) is 11.4. The molecule has 0 saturated carbocycles. The number of hydrogen-bond acceptors (Lipinski definition) is 2. The van der Waals surface area contributed by atoms with Crippen molar-refractivity contribution in [2.45, 2.75) is 18.9 Å². The molecule has 0 spiro atoms. The quantitative estimate of drug-likeness (QED) is 0.851. The smallest absolute Gasteiger partial charge is 0.365 e. The lowest BCUT2D eigenvalue weighted by molar-refractivity contribution is -0.144. The number of halogens is 6. The fourth-order valence-corrected chi connectivity index (χ4v) is 2.28. The molecule has 2 N–H and O–H groups in total. The minimum absolute atomic E-state index is 0.0602. The lowest BCUT2D eigenvalue weighted by Crippen LogP contribution is -2.34. The van der Waals surface area contributed by atoms with E-state index < -0.39 is 52.7 Å². The normalized spacial score (nSPS) is 12.2. The van der Waals surface area contributed by atoms with Gasteiger partial charge in [-0.15, -0.1) is 0 Å². The highest BCUT2D eigenvalue weighted by Gasteiger charge is 2.37. The molecule has 0 fully saturated rings. The number of benzene rings is 1. The molecular formula is C15H10F6N2O2. The molecule has 2 rings (SSSR count). The molecule has 0 aliphatic heterocycles. The van der Waals surface area contributed by atoms with E-state index in [1.54, 1.807) is 0 Å². The van der Waals surface area contributed by atoms with Crippen molar-refractivity contribution >= 4 is 5.91 Å². The van der Waals surface area contributed by atoms with Crippen LogP contribution in [0.15, 0.2) is 41.2 Å². The third-order valence-corrected chi connectivity index (χ3v) is 3.38. The van der Waals surface area contributed by atoms with Crippen LogP contribution in [-0.2, 0) is 18.9 Å². The number of carbonyl (C=O) groups excluding carboxylic acids is 1. The Hall–Kier alpha value is -2.78. The fraction of sp³-hybridized carbons (Fsp3) is 0.200. The van der Waals surface area contributed by atoms with Crippen molar-refractivity contribution in [2.24, 2.45) is 5.73 Å². The maximum absolute atomic E-state index is 13.1. The zero-order chi connectivity index (χ0) is 19.0. The van der Waals surface area contributed by atoms with Gasteiger partial charge in [-0.25, -0.2) is 0 Å². The first kappa shape index (κ1) is 18.6. The first-order valence-corrected chi connectivity index (χ1v) is 6.69. The van der Waals surface area contributed by atoms with Gasteiger partial charge in [0.25, 0.3) is 11.5 Å². The van der Waals surface area contributed by atoms with Crippen molar-refractivity contribution in [3.8, 4) is 0 Å². The summed E-state index contributed by atoms with van der Waals surface area (Å²) in [5.74, 6) is -1.28. The number of nitrogens with zero attached hydrogens (tertiary/aromatic N) is 1. The van der Waals surface area contributed by atoms with E-state index in [1.807, 2.05) is 0 Å². The minimum atomic E-state index is -5.01. The van der Waals surface area contributed by atoms with E-state index in [1.165, 1.54) is 6.07 Å². The Kier molecular flexibility index (Phi) is 4.65. The number of primary amides is 1. The van der Waals surface area contributed by atoms with Gasteiger partial charge in [0.2, 0.25) is 0 Å². The van der Waals surface area contributed by atoms with E-state index >= 15 is 0 Å². The van der Waals surface area contributed by atoms with Crippen molar-refractivity contribution in [2.75, 3.05) is 0 Å². The molecule has 2 aromatic rings. The Balaban J connectivity index is 2.70. The Morgan fingerprint density at radius 1 is 0.960 bits per heavy atom. The molecule has 1 amide bonds. The number of hydrogen-bond donors (Lipinski definition) is 1. The van der Waals surface area contributed by atoms with Gasteiger partial charge >= 0.3 is 12.4 Å². The highest BCUT2D eigenvalue weighted by molar-refractivity contribution is 5.92. The highest BCUT2D eigenvalue weighted by Crippen LogP contribution is 2.33. The molecule has 0 bridgehead atoms. The third-order valence-electron chi connectivity index (χ3n) is 3.38. The van der Waals surface area contributed by atoms with Crippen LogP contribution in [0.1, 0.15) is 27.2 Å². The molecule has 0 radical (unpaired) electrons. The predicted octanol–water partition coefficient (Wildman–Crippen LogP) is 3.03. The minimum Gasteiger partial charge on any atom is -0.365 e. The Labute approximate surface area is 136 Å². The highest BCUT2D eigenvalue weighted by atomic mass is 19.4. The van der Waals surface area contributed by atoms with Crippen LogP contribution in [0.25, 0.3) is 0 Å². The van der Waals surface area contributed by atoms with Gasteiger partial charge in [0.15, 0.2) is 0 Å². The van der Waals surface area contributed by atoms with Gasteiger partial charge in [-0.3, -0.25) is 14.2 Å². The average Bonchev–Trinajstić information content (AvgIpc) is 2.47. The zero-order valence-electron chi connectivity index (χ0n) is 12.3. The zero-order valence-corrected chi connectivity index (χ0v) is 12.3. The number of carbonyl (C=O) groups is 1. The molecule has 25 heavy (non-hydrogen) atoms. The van der Waals surface area contributed by atoms with Crippen LogP contribution >= 0.6 is 0 Å². The van der Waals surface area contributed by atoms with Gasteiger partial charge in [0.1, 0.15) is 11.3 Å². The van der Waals surface area contributed by atoms with Gasteiger partial charge in [0, 0.05) is 0 Å². The Bertz CT molecular complexity index is 868. The maximum atomic E-state index is 13.1. The number of aromatic nitrogens is 1. The van der Waals surface area contributed by atoms with Gasteiger partial charge in [-0.2, -0.15) is 26.3 Å². The van der Waals surface area contributed by atoms with E-state index in [9.17, 15) is 35.9 Å². The standard InChI is InChI=1S/C15H10F6N2O2/c16-14(17,18)10-4-2-1-3-8(10)7-23-11(15(19,20)21)6-5-9(12(22)24)13(23)25/h1-6H,7H2,(H2,22,24). The number of alkyl halides is 6. The van der Waals surface area contributed by atoms with E-state index in [0.717, 1.165) is 12.1 Å². The van der Waals surface area contributed by atoms with Crippen molar-refractivity contribution in [1.29, 1.82) is 0 Å². The van der Waals surface area contributed by atoms with Gasteiger partial charge in [-0.05, 0) is 23.8 Å². The molecule has 0 aliphatic carbocycles. The second-order valence-electron chi connectivity index (χ2n) is 5.04. The summed E-state index contributed by atoms with van der Waals surface area (Å²) >= 11 is 0. The Morgan fingerprint density at radius 3 is 2.08 bits per heavy atom. The maximum Gasteiger partial charge on any atom is 0.431 e. The molecule has 1 aromatic heterocycles. The summed E-state index contributed by atoms with van der Waals surface area (Å²) in [7, 11) is 0. The third kappa shape index (κ3) is 3.83. The van der Waals surface area contributed by atoms with E-state index in [4.69, 9.17) is 5.73 Å². The van der Waals surface area contributed by atoms with Crippen LogP contribution in [0.2, 0.25) is 0 Å². The van der Waals surface area contributed by atoms with E-state index in [2.05, 4.69) is 0 Å². The van der Waals surface area contributed by atoms with Gasteiger partial charge in [-0.1, -0.05) is 18.2 Å². The number of rotatable bonds is 3. The van der Waals surface area contributed by atoms with Crippen LogP contribution in [0.4, 0.5) is 26.3 Å². The van der Waals surface area contributed by atoms with Gasteiger partial charge < -0.3 is 5.73 Å². The molecular weight excluding hydrogens is 354 g/mol. The summed E-state index contributed by atoms with van der Waals surface area (Å²) in [6, 6.07) is 4.93. The van der Waals surface area contributed by atoms with Crippen LogP contribution in [0.3, 0.4) is 0 Å². The molecule has 0 saturated heterocycles. The molecule has 1 aromatic carbocycles. The summed E-state index contributed by atoms with van der Waals surface area (Å²) in [6.45, 7) is -1.02. The molecule has 0 atom stereocenters. The lowest BCUT2D eigenvalue weighted by Gasteiger charge is -2.18. The molecule has 134 valence electrons. The molecule has 1 heterocycles. The second-order valence-corrected chi connectivity index (χ2v) is 5.04. The van der Waals surface area contributed by atoms with Crippen molar-refractivity contribution < 1.29 is 31.1 Å². The number of nitrogens with two attached hydrogens (primary N) is 1. The summed E-state index contributed by atoms with van der Waals surface area (Å²) in [5.41, 5.74) is -0.467. The van der Waals surface area contributed by atoms with Crippen LogP contribution in [-0.4, -0.2) is 10.5 Å².